The molecule has 7 heteroatoms. The first-order chi connectivity index (χ1) is 9.72. The van der Waals surface area contributed by atoms with Crippen LogP contribution in [0, 0.1) is 0 Å². The summed E-state index contributed by atoms with van der Waals surface area (Å²) in [6, 6.07) is 6.74. The summed E-state index contributed by atoms with van der Waals surface area (Å²) in [4.78, 5) is 12.0. The number of benzene rings is 1. The summed E-state index contributed by atoms with van der Waals surface area (Å²) in [7, 11) is 0. The van der Waals surface area contributed by atoms with Gasteiger partial charge in [0.05, 0.1) is 13.2 Å². The Bertz CT molecular complexity index is 638. The standard InChI is InChI=1S/C13H14N4O3/c14-12-7-9(16-17-12)13(18)15-8-2-3-10-11(6-8)20-5-1-4-19-10/h2-3,6-7H,1,4-5H2,(H,15,18)(H3,14,16,17). The normalized spacial score (nSPS) is 13.6. The quantitative estimate of drug-likeness (QED) is 0.768. The van der Waals surface area contributed by atoms with Gasteiger partial charge in [0, 0.05) is 24.2 Å². The van der Waals surface area contributed by atoms with E-state index in [1.807, 2.05) is 0 Å². The highest BCUT2D eigenvalue weighted by Gasteiger charge is 2.13. The van der Waals surface area contributed by atoms with Crippen molar-refractivity contribution in [3.63, 3.8) is 0 Å². The van der Waals surface area contributed by atoms with Crippen LogP contribution in [0.1, 0.15) is 16.9 Å². The highest BCUT2D eigenvalue weighted by molar-refractivity contribution is 6.03. The number of aromatic nitrogens is 2. The van der Waals surface area contributed by atoms with Crippen molar-refractivity contribution >= 4 is 17.4 Å². The highest BCUT2D eigenvalue weighted by atomic mass is 16.5. The number of fused-ring (bicyclic) bond motifs is 1. The SMILES string of the molecule is Nc1cc(C(=O)Nc2ccc3c(c2)OCCCO3)[nH]n1. The number of amides is 1. The van der Waals surface area contributed by atoms with Gasteiger partial charge in [0.15, 0.2) is 11.5 Å². The first kappa shape index (κ1) is 12.3. The van der Waals surface area contributed by atoms with Crippen LogP contribution in [-0.2, 0) is 0 Å². The van der Waals surface area contributed by atoms with E-state index >= 15 is 0 Å². The lowest BCUT2D eigenvalue weighted by atomic mass is 10.2. The number of anilines is 2. The maximum atomic E-state index is 12.0. The number of nitrogens with zero attached hydrogens (tertiary/aromatic N) is 1. The van der Waals surface area contributed by atoms with Crippen LogP contribution < -0.4 is 20.5 Å². The summed E-state index contributed by atoms with van der Waals surface area (Å²) >= 11 is 0. The number of hydrogen-bond donors (Lipinski definition) is 3. The molecule has 0 saturated heterocycles. The van der Waals surface area contributed by atoms with Gasteiger partial charge >= 0.3 is 0 Å². The molecule has 0 unspecified atom stereocenters. The van der Waals surface area contributed by atoms with Crippen LogP contribution in [0.25, 0.3) is 0 Å². The van der Waals surface area contributed by atoms with Crippen molar-refractivity contribution in [1.82, 2.24) is 10.2 Å². The Morgan fingerprint density at radius 1 is 1.25 bits per heavy atom. The fourth-order valence-electron chi connectivity index (χ4n) is 1.89. The van der Waals surface area contributed by atoms with Crippen LogP contribution in [0.2, 0.25) is 0 Å². The zero-order valence-corrected chi connectivity index (χ0v) is 10.7. The molecule has 2 aromatic rings. The third kappa shape index (κ3) is 2.51. The number of nitrogens with two attached hydrogens (primary N) is 1. The zero-order valence-electron chi connectivity index (χ0n) is 10.7. The van der Waals surface area contributed by atoms with Crippen molar-refractivity contribution in [3.05, 3.63) is 30.0 Å². The Morgan fingerprint density at radius 2 is 2.05 bits per heavy atom. The number of carbonyl (C=O) groups is 1. The molecule has 0 spiro atoms. The van der Waals surface area contributed by atoms with Gasteiger partial charge in [-0.1, -0.05) is 0 Å². The van der Waals surface area contributed by atoms with Crippen molar-refractivity contribution in [2.75, 3.05) is 24.3 Å². The molecule has 1 aromatic carbocycles. The minimum Gasteiger partial charge on any atom is -0.490 e. The van der Waals surface area contributed by atoms with Gasteiger partial charge in [-0.15, -0.1) is 0 Å². The minimum atomic E-state index is -0.316. The third-order valence-electron chi connectivity index (χ3n) is 2.85. The summed E-state index contributed by atoms with van der Waals surface area (Å²) in [6.07, 6.45) is 0.837. The first-order valence-corrected chi connectivity index (χ1v) is 6.24. The topological polar surface area (TPSA) is 102 Å². The molecule has 1 aliphatic heterocycles. The fourth-order valence-corrected chi connectivity index (χ4v) is 1.89. The van der Waals surface area contributed by atoms with E-state index in [0.29, 0.717) is 36.1 Å². The second kappa shape index (κ2) is 5.12. The lowest BCUT2D eigenvalue weighted by Gasteiger charge is -2.09. The Hall–Kier alpha value is -2.70. The minimum absolute atomic E-state index is 0.272. The van der Waals surface area contributed by atoms with Gasteiger partial charge in [0.2, 0.25) is 0 Å². The molecule has 0 aliphatic carbocycles. The molecule has 0 radical (unpaired) electrons. The number of hydrogen-bond acceptors (Lipinski definition) is 5. The molecule has 104 valence electrons. The van der Waals surface area contributed by atoms with E-state index in [2.05, 4.69) is 15.5 Å². The Morgan fingerprint density at radius 3 is 2.80 bits per heavy atom. The average Bonchev–Trinajstić information content (AvgIpc) is 2.74. The Balaban J connectivity index is 1.77. The molecule has 2 heterocycles. The van der Waals surface area contributed by atoms with E-state index in [0.717, 1.165) is 6.42 Å². The zero-order chi connectivity index (χ0) is 13.9. The van der Waals surface area contributed by atoms with E-state index in [9.17, 15) is 4.79 Å². The number of rotatable bonds is 2. The summed E-state index contributed by atoms with van der Waals surface area (Å²) in [5.74, 6) is 1.27. The lowest BCUT2D eigenvalue weighted by molar-refractivity contribution is 0.102. The second-order valence-electron chi connectivity index (χ2n) is 4.37. The highest BCUT2D eigenvalue weighted by Crippen LogP contribution is 2.32. The molecule has 7 nitrogen and oxygen atoms in total. The predicted octanol–water partition coefficient (Wildman–Crippen LogP) is 1.41. The Kier molecular flexibility index (Phi) is 3.16. The van der Waals surface area contributed by atoms with Gasteiger partial charge in [-0.2, -0.15) is 5.10 Å². The van der Waals surface area contributed by atoms with E-state index < -0.39 is 0 Å². The number of carbonyl (C=O) groups excluding carboxylic acids is 1. The van der Waals surface area contributed by atoms with Crippen molar-refractivity contribution in [3.8, 4) is 11.5 Å². The second-order valence-corrected chi connectivity index (χ2v) is 4.37. The van der Waals surface area contributed by atoms with E-state index in [4.69, 9.17) is 15.2 Å². The smallest absolute Gasteiger partial charge is 0.273 e. The molecule has 3 rings (SSSR count). The molecular formula is C13H14N4O3. The molecule has 0 fully saturated rings. The monoisotopic (exact) mass is 274 g/mol. The predicted molar refractivity (Wildman–Crippen MR) is 73.0 cm³/mol. The van der Waals surface area contributed by atoms with Crippen LogP contribution in [0.3, 0.4) is 0 Å². The van der Waals surface area contributed by atoms with Crippen LogP contribution in [0.15, 0.2) is 24.3 Å². The average molecular weight is 274 g/mol. The van der Waals surface area contributed by atoms with Gasteiger partial charge in [0.25, 0.3) is 5.91 Å². The molecule has 0 saturated carbocycles. The van der Waals surface area contributed by atoms with E-state index in [1.54, 1.807) is 18.2 Å². The molecule has 4 N–H and O–H groups in total. The number of nitrogen functional groups attached to an aromatic ring is 1. The molecule has 0 atom stereocenters. The van der Waals surface area contributed by atoms with Gasteiger partial charge in [-0.3, -0.25) is 9.89 Å². The summed E-state index contributed by atoms with van der Waals surface area (Å²) in [5, 5.41) is 9.00. The third-order valence-corrected chi connectivity index (χ3v) is 2.85. The molecule has 1 aromatic heterocycles. The lowest BCUT2D eigenvalue weighted by Crippen LogP contribution is -2.12. The van der Waals surface area contributed by atoms with Crippen molar-refractivity contribution in [2.45, 2.75) is 6.42 Å². The van der Waals surface area contributed by atoms with E-state index in [-0.39, 0.29) is 11.7 Å². The maximum absolute atomic E-state index is 12.0. The van der Waals surface area contributed by atoms with Gasteiger partial charge < -0.3 is 20.5 Å². The number of ether oxygens (including phenoxy) is 2. The summed E-state index contributed by atoms with van der Waals surface area (Å²) in [5.41, 5.74) is 6.38. The van der Waals surface area contributed by atoms with Gasteiger partial charge in [-0.25, -0.2) is 0 Å². The Labute approximate surface area is 115 Å². The first-order valence-electron chi connectivity index (χ1n) is 6.24. The largest absolute Gasteiger partial charge is 0.490 e. The van der Waals surface area contributed by atoms with E-state index in [1.165, 1.54) is 6.07 Å². The molecule has 1 aliphatic rings. The number of nitrogens with one attached hydrogen (secondary N) is 2. The molecule has 0 bridgehead atoms. The molecular weight excluding hydrogens is 260 g/mol. The van der Waals surface area contributed by atoms with Crippen LogP contribution in [0.4, 0.5) is 11.5 Å². The summed E-state index contributed by atoms with van der Waals surface area (Å²) < 4.78 is 11.1. The number of aromatic amines is 1. The van der Waals surface area contributed by atoms with Gasteiger partial charge in [-0.05, 0) is 12.1 Å². The number of H-pyrrole nitrogens is 1. The van der Waals surface area contributed by atoms with Crippen molar-refractivity contribution < 1.29 is 14.3 Å². The molecule has 1 amide bonds. The summed E-state index contributed by atoms with van der Waals surface area (Å²) in [6.45, 7) is 1.23. The van der Waals surface area contributed by atoms with Crippen molar-refractivity contribution in [1.29, 1.82) is 0 Å². The van der Waals surface area contributed by atoms with Crippen molar-refractivity contribution in [2.24, 2.45) is 0 Å². The molecule has 20 heavy (non-hydrogen) atoms. The van der Waals surface area contributed by atoms with Crippen LogP contribution >= 0.6 is 0 Å². The van der Waals surface area contributed by atoms with Gasteiger partial charge in [0.1, 0.15) is 11.5 Å². The fraction of sp³-hybridized carbons (Fsp3) is 0.231. The van der Waals surface area contributed by atoms with Crippen LogP contribution in [-0.4, -0.2) is 29.3 Å². The maximum Gasteiger partial charge on any atom is 0.273 e. The van der Waals surface area contributed by atoms with Crippen LogP contribution in [0.5, 0.6) is 11.5 Å².